The molecule has 3 aliphatic rings. The first kappa shape index (κ1) is 18.9. The number of benzene rings is 1. The predicted molar refractivity (Wildman–Crippen MR) is 101 cm³/mol. The predicted octanol–water partition coefficient (Wildman–Crippen LogP) is 6.08. The number of fused-ring (bicyclic) bond motifs is 1. The molecule has 5 nitrogen and oxygen atoms in total. The first-order chi connectivity index (χ1) is 13.1. The number of hydrogen-bond acceptors (Lipinski definition) is 4. The van der Waals surface area contributed by atoms with Gasteiger partial charge in [-0.3, -0.25) is 4.74 Å². The van der Waals surface area contributed by atoms with Gasteiger partial charge in [0.25, 0.3) is 0 Å². The average Bonchev–Trinajstić information content (AvgIpc) is 2.68. The summed E-state index contributed by atoms with van der Waals surface area (Å²) in [4.78, 5) is 11.2. The van der Waals surface area contributed by atoms with Crippen LogP contribution in [0.2, 0.25) is 5.02 Å². The number of carboxylic acid groups (broad SMARTS) is 1. The van der Waals surface area contributed by atoms with Gasteiger partial charge in [-0.15, -0.1) is 0 Å². The molecule has 0 spiro atoms. The number of hydrogen-bond donors (Lipinski definition) is 1. The zero-order valence-electron chi connectivity index (χ0n) is 15.5. The van der Waals surface area contributed by atoms with E-state index in [2.05, 4.69) is 0 Å². The van der Waals surface area contributed by atoms with Crippen molar-refractivity contribution in [3.05, 3.63) is 28.8 Å². The molecule has 0 amide bonds. The molecule has 1 aromatic rings. The van der Waals surface area contributed by atoms with Crippen LogP contribution < -0.4 is 4.74 Å². The quantitative estimate of drug-likeness (QED) is 0.629. The third-order valence-electron chi connectivity index (χ3n) is 6.50. The molecule has 1 unspecified atom stereocenters. The van der Waals surface area contributed by atoms with Crippen LogP contribution in [-0.2, 0) is 15.1 Å². The van der Waals surface area contributed by atoms with E-state index in [-0.39, 0.29) is 0 Å². The van der Waals surface area contributed by atoms with Gasteiger partial charge in [-0.1, -0.05) is 56.2 Å². The summed E-state index contributed by atoms with van der Waals surface area (Å²) in [7, 11) is 0. The van der Waals surface area contributed by atoms with Crippen LogP contribution in [0.5, 0.6) is 5.75 Å². The van der Waals surface area contributed by atoms with Crippen molar-refractivity contribution in [2.24, 2.45) is 11.8 Å². The topological polar surface area (TPSA) is 65.0 Å². The zero-order chi connectivity index (χ0) is 18.9. The van der Waals surface area contributed by atoms with Crippen LogP contribution in [0.4, 0.5) is 4.79 Å². The van der Waals surface area contributed by atoms with Gasteiger partial charge in [0, 0.05) is 10.6 Å². The monoisotopic (exact) mass is 394 g/mol. The van der Waals surface area contributed by atoms with Gasteiger partial charge in [-0.05, 0) is 49.7 Å². The van der Waals surface area contributed by atoms with Crippen molar-refractivity contribution in [3.8, 4) is 5.75 Å². The summed E-state index contributed by atoms with van der Waals surface area (Å²) < 4.78 is 17.2. The number of halogens is 1. The summed E-state index contributed by atoms with van der Waals surface area (Å²) >= 11 is 6.22. The van der Waals surface area contributed by atoms with Crippen LogP contribution in [0.25, 0.3) is 0 Å². The Morgan fingerprint density at radius 2 is 1.63 bits per heavy atom. The van der Waals surface area contributed by atoms with Crippen LogP contribution in [0.15, 0.2) is 18.2 Å². The smallest absolute Gasteiger partial charge is 0.450 e. The summed E-state index contributed by atoms with van der Waals surface area (Å²) in [6.07, 6.45) is 10.1. The van der Waals surface area contributed by atoms with Crippen molar-refractivity contribution in [2.75, 3.05) is 0 Å². The molecule has 0 aromatic heterocycles. The number of ether oxygens (including phenoxy) is 3. The number of carbonyl (C=O) groups is 1. The highest BCUT2D eigenvalue weighted by Crippen LogP contribution is 2.56. The summed E-state index contributed by atoms with van der Waals surface area (Å²) in [5.41, 5.74) is 0.440. The Kier molecular flexibility index (Phi) is 5.51. The van der Waals surface area contributed by atoms with Crippen molar-refractivity contribution in [1.29, 1.82) is 0 Å². The van der Waals surface area contributed by atoms with Crippen molar-refractivity contribution >= 4 is 17.8 Å². The van der Waals surface area contributed by atoms with Crippen molar-refractivity contribution in [3.63, 3.8) is 0 Å². The fourth-order valence-electron chi connectivity index (χ4n) is 5.43. The highest BCUT2D eigenvalue weighted by atomic mass is 35.5. The van der Waals surface area contributed by atoms with E-state index in [0.717, 1.165) is 31.2 Å². The van der Waals surface area contributed by atoms with E-state index in [4.69, 9.17) is 30.9 Å². The number of rotatable bonds is 3. The minimum Gasteiger partial charge on any atom is -0.450 e. The molecule has 1 aliphatic heterocycles. The molecule has 1 N–H and O–H groups in total. The Hall–Kier alpha value is -1.46. The van der Waals surface area contributed by atoms with Crippen molar-refractivity contribution in [2.45, 2.75) is 76.3 Å². The Morgan fingerprint density at radius 3 is 2.19 bits per heavy atom. The maximum atomic E-state index is 11.2. The maximum Gasteiger partial charge on any atom is 0.510 e. The second-order valence-electron chi connectivity index (χ2n) is 8.01. The van der Waals surface area contributed by atoms with Gasteiger partial charge in [0.05, 0.1) is 0 Å². The lowest BCUT2D eigenvalue weighted by Gasteiger charge is -2.52. The Bertz CT molecular complexity index is 661. The van der Waals surface area contributed by atoms with Crippen LogP contribution in [0.1, 0.15) is 69.8 Å². The molecule has 4 rings (SSSR count). The molecule has 1 heterocycles. The SMILES string of the molecule is O=C(O)OC1Oc2cc(Cl)ccc2C(C2CCCCC2)(C2CCCCC2)O1. The molecule has 1 atom stereocenters. The van der Waals surface area contributed by atoms with Gasteiger partial charge >= 0.3 is 12.6 Å². The molecule has 0 radical (unpaired) electrons. The van der Waals surface area contributed by atoms with E-state index in [0.29, 0.717) is 22.6 Å². The van der Waals surface area contributed by atoms with Gasteiger partial charge < -0.3 is 14.6 Å². The van der Waals surface area contributed by atoms with Crippen LogP contribution >= 0.6 is 11.6 Å². The fourth-order valence-corrected chi connectivity index (χ4v) is 5.59. The highest BCUT2D eigenvalue weighted by Gasteiger charge is 2.54. The average molecular weight is 395 g/mol. The Balaban J connectivity index is 1.81. The minimum atomic E-state index is -1.40. The highest BCUT2D eigenvalue weighted by molar-refractivity contribution is 6.30. The first-order valence-electron chi connectivity index (χ1n) is 10.1. The summed E-state index contributed by atoms with van der Waals surface area (Å²) in [5, 5.41) is 9.71. The van der Waals surface area contributed by atoms with E-state index < -0.39 is 18.2 Å². The molecule has 6 heteroatoms. The largest absolute Gasteiger partial charge is 0.510 e. The third-order valence-corrected chi connectivity index (χ3v) is 6.73. The molecule has 2 fully saturated rings. The normalized spacial score (nSPS) is 26.0. The Labute approximate surface area is 164 Å². The summed E-state index contributed by atoms with van der Waals surface area (Å²) in [5.74, 6) is 1.26. The van der Waals surface area contributed by atoms with E-state index in [9.17, 15) is 4.79 Å². The molecule has 27 heavy (non-hydrogen) atoms. The zero-order valence-corrected chi connectivity index (χ0v) is 16.2. The molecule has 2 saturated carbocycles. The third kappa shape index (κ3) is 3.64. The van der Waals surface area contributed by atoms with E-state index in [1.165, 1.54) is 38.5 Å². The van der Waals surface area contributed by atoms with Gasteiger partial charge in [-0.2, -0.15) is 0 Å². The lowest BCUT2D eigenvalue weighted by atomic mass is 9.63. The molecule has 1 aromatic carbocycles. The summed E-state index contributed by atoms with van der Waals surface area (Å²) in [6.45, 7) is -1.25. The maximum absolute atomic E-state index is 11.2. The van der Waals surface area contributed by atoms with E-state index >= 15 is 0 Å². The first-order valence-corrected chi connectivity index (χ1v) is 10.5. The van der Waals surface area contributed by atoms with E-state index in [1.807, 2.05) is 12.1 Å². The van der Waals surface area contributed by atoms with Crippen molar-refractivity contribution in [1.82, 2.24) is 0 Å². The molecular formula is C21H27ClO5. The second kappa shape index (κ2) is 7.88. The fraction of sp³-hybridized carbons (Fsp3) is 0.667. The van der Waals surface area contributed by atoms with Crippen LogP contribution in [0.3, 0.4) is 0 Å². The van der Waals surface area contributed by atoms with Gasteiger partial charge in [-0.25, -0.2) is 4.79 Å². The second-order valence-corrected chi connectivity index (χ2v) is 8.45. The van der Waals surface area contributed by atoms with Crippen LogP contribution in [-0.4, -0.2) is 17.7 Å². The minimum absolute atomic E-state index is 0.332. The van der Waals surface area contributed by atoms with Gasteiger partial charge in [0.15, 0.2) is 0 Å². The molecule has 148 valence electrons. The molecule has 2 aliphatic carbocycles. The molecule has 0 bridgehead atoms. The molecular weight excluding hydrogens is 368 g/mol. The lowest BCUT2D eigenvalue weighted by molar-refractivity contribution is -0.324. The molecule has 0 saturated heterocycles. The standard InChI is InChI=1S/C21H27ClO5/c22-16-11-12-17-18(13-16)25-20(26-19(23)24)27-21(17,14-7-3-1-4-8-14)15-9-5-2-6-10-15/h11-15,20H,1-10H2,(H,23,24). The van der Waals surface area contributed by atoms with Gasteiger partial charge in [0.1, 0.15) is 11.4 Å². The lowest BCUT2D eigenvalue weighted by Crippen LogP contribution is -2.53. The van der Waals surface area contributed by atoms with E-state index in [1.54, 1.807) is 6.07 Å². The Morgan fingerprint density at radius 1 is 1.04 bits per heavy atom. The van der Waals surface area contributed by atoms with Crippen LogP contribution in [0, 0.1) is 11.8 Å². The van der Waals surface area contributed by atoms with Gasteiger partial charge in [0.2, 0.25) is 0 Å². The summed E-state index contributed by atoms with van der Waals surface area (Å²) in [6, 6.07) is 5.65. The van der Waals surface area contributed by atoms with Crippen molar-refractivity contribution < 1.29 is 24.1 Å².